The van der Waals surface area contributed by atoms with Gasteiger partial charge in [0.15, 0.2) is 0 Å². The molecule has 2 amide bonds. The molecule has 4 bridgehead atoms. The number of halogens is 6. The molecular formula is C32H52F6N2O4. The van der Waals surface area contributed by atoms with Crippen LogP contribution in [0.5, 0.6) is 0 Å². The molecule has 6 aliphatic rings. The lowest BCUT2D eigenvalue weighted by Gasteiger charge is -2.65. The number of alkyl carbamates (subject to hydrolysis) is 2. The maximum atomic E-state index is 13.1. The molecule has 0 saturated heterocycles. The third-order valence-corrected chi connectivity index (χ3v) is 10.7. The van der Waals surface area contributed by atoms with Crippen LogP contribution in [0.25, 0.3) is 0 Å². The summed E-state index contributed by atoms with van der Waals surface area (Å²) in [4.78, 5) is 24.2. The standard InChI is InChI=1S/2C16H26F3NO2/c2*1-13(2,3)22-12(21)20-15(9-16(17,18)19)7-6-10-8-11(15)14(10,4)5/h2*10-11H,6-9H2,1-5H3,(H,20,21)/t2*10-,11+,15+/m00/s1. The molecule has 0 spiro atoms. The van der Waals surface area contributed by atoms with Gasteiger partial charge in [-0.05, 0) is 115 Å². The predicted molar refractivity (Wildman–Crippen MR) is 155 cm³/mol. The highest BCUT2D eigenvalue weighted by Gasteiger charge is 2.65. The summed E-state index contributed by atoms with van der Waals surface area (Å²) in [5.74, 6) is 0.597. The highest BCUT2D eigenvalue weighted by atomic mass is 19.4. The number of alkyl halides is 6. The lowest BCUT2D eigenvalue weighted by atomic mass is 9.42. The number of amides is 2. The number of carbonyl (C=O) groups is 2. The van der Waals surface area contributed by atoms with Crippen LogP contribution < -0.4 is 10.6 Å². The first-order valence-electron chi connectivity index (χ1n) is 15.7. The molecule has 0 aromatic carbocycles. The molecule has 12 heteroatoms. The number of carbonyl (C=O) groups excluding carboxylic acids is 2. The average molecular weight is 643 g/mol. The summed E-state index contributed by atoms with van der Waals surface area (Å²) in [6.07, 6.45) is -8.44. The Morgan fingerprint density at radius 1 is 0.636 bits per heavy atom. The molecule has 6 rings (SSSR count). The fourth-order valence-electron chi connectivity index (χ4n) is 8.64. The molecule has 0 aromatic rings. The number of rotatable bonds is 4. The first kappa shape index (κ1) is 36.6. The van der Waals surface area contributed by atoms with E-state index >= 15 is 0 Å². The first-order valence-corrected chi connectivity index (χ1v) is 15.7. The fourth-order valence-corrected chi connectivity index (χ4v) is 8.64. The van der Waals surface area contributed by atoms with Crippen molar-refractivity contribution in [2.45, 2.75) is 155 Å². The summed E-state index contributed by atoms with van der Waals surface area (Å²) in [5, 5.41) is 5.22. The van der Waals surface area contributed by atoms with Gasteiger partial charge in [0, 0.05) is 0 Å². The van der Waals surface area contributed by atoms with Crippen molar-refractivity contribution in [3.63, 3.8) is 0 Å². The smallest absolute Gasteiger partial charge is 0.408 e. The van der Waals surface area contributed by atoms with Gasteiger partial charge in [-0.3, -0.25) is 0 Å². The maximum Gasteiger partial charge on any atom is 0.408 e. The quantitative estimate of drug-likeness (QED) is 0.300. The minimum absolute atomic E-state index is 0.159. The molecule has 2 N–H and O–H groups in total. The Kier molecular flexibility index (Phi) is 9.50. The fraction of sp³-hybridized carbons (Fsp3) is 0.938. The van der Waals surface area contributed by atoms with Gasteiger partial charge in [-0.25, -0.2) is 9.59 Å². The number of fused-ring (bicyclic) bond motifs is 4. The zero-order chi connectivity index (χ0) is 33.9. The van der Waals surface area contributed by atoms with Gasteiger partial charge in [0.05, 0.1) is 23.9 Å². The van der Waals surface area contributed by atoms with Gasteiger partial charge in [0.2, 0.25) is 0 Å². The molecule has 6 atom stereocenters. The van der Waals surface area contributed by atoms with Gasteiger partial charge >= 0.3 is 24.5 Å². The Morgan fingerprint density at radius 2 is 0.932 bits per heavy atom. The van der Waals surface area contributed by atoms with Crippen LogP contribution in [0.3, 0.4) is 0 Å². The minimum atomic E-state index is -4.31. The highest BCUT2D eigenvalue weighted by molar-refractivity contribution is 5.69. The van der Waals surface area contributed by atoms with Crippen LogP contribution in [0, 0.1) is 34.5 Å². The van der Waals surface area contributed by atoms with E-state index in [9.17, 15) is 35.9 Å². The van der Waals surface area contributed by atoms with E-state index in [1.165, 1.54) is 0 Å². The summed E-state index contributed by atoms with van der Waals surface area (Å²) in [7, 11) is 0. The molecule has 0 radical (unpaired) electrons. The monoisotopic (exact) mass is 642 g/mol. The van der Waals surface area contributed by atoms with Crippen molar-refractivity contribution in [1.29, 1.82) is 0 Å². The second kappa shape index (κ2) is 11.4. The van der Waals surface area contributed by atoms with E-state index in [4.69, 9.17) is 9.47 Å². The summed E-state index contributed by atoms with van der Waals surface area (Å²) >= 11 is 0. The summed E-state index contributed by atoms with van der Waals surface area (Å²) in [6, 6.07) is 0. The van der Waals surface area contributed by atoms with Gasteiger partial charge < -0.3 is 20.1 Å². The SMILES string of the molecule is CC(C)(C)OC(=O)N[C@@]1(CC(F)(F)F)CC[C@H]2C[C@@H]1C2(C)C.CC(C)(C)OC(=O)N[C@@]1(CC(F)(F)F)CC[C@H]2C[C@@H]1C2(C)C. The van der Waals surface area contributed by atoms with Crippen molar-refractivity contribution in [1.82, 2.24) is 10.6 Å². The lowest BCUT2D eigenvalue weighted by Crippen LogP contribution is -2.69. The normalized spacial score (nSPS) is 33.8. The molecule has 0 aliphatic heterocycles. The van der Waals surface area contributed by atoms with Gasteiger partial charge in [-0.15, -0.1) is 0 Å². The number of hydrogen-bond donors (Lipinski definition) is 2. The van der Waals surface area contributed by atoms with E-state index in [0.29, 0.717) is 24.7 Å². The summed E-state index contributed by atoms with van der Waals surface area (Å²) in [5.41, 5.74) is -4.26. The van der Waals surface area contributed by atoms with E-state index in [2.05, 4.69) is 10.6 Å². The Bertz CT molecular complexity index is 987. The summed E-state index contributed by atoms with van der Waals surface area (Å²) in [6.45, 7) is 18.2. The Labute approximate surface area is 258 Å². The molecule has 6 aliphatic carbocycles. The zero-order valence-corrected chi connectivity index (χ0v) is 27.9. The van der Waals surface area contributed by atoms with Crippen molar-refractivity contribution in [2.24, 2.45) is 34.5 Å². The minimum Gasteiger partial charge on any atom is -0.444 e. The largest absolute Gasteiger partial charge is 0.444 e. The average Bonchev–Trinajstić information content (AvgIpc) is 2.73. The van der Waals surface area contributed by atoms with E-state index in [1.807, 2.05) is 27.7 Å². The third-order valence-electron chi connectivity index (χ3n) is 10.7. The number of hydrogen-bond acceptors (Lipinski definition) is 4. The molecular weight excluding hydrogens is 590 g/mol. The van der Waals surface area contributed by atoms with Crippen LogP contribution in [0.15, 0.2) is 0 Å². The van der Waals surface area contributed by atoms with Gasteiger partial charge in [0.25, 0.3) is 0 Å². The van der Waals surface area contributed by atoms with E-state index in [1.54, 1.807) is 41.5 Å². The Balaban J connectivity index is 0.000000240. The van der Waals surface area contributed by atoms with Gasteiger partial charge in [-0.2, -0.15) is 26.3 Å². The van der Waals surface area contributed by atoms with Crippen LogP contribution in [0.2, 0.25) is 0 Å². The molecule has 256 valence electrons. The Hall–Kier alpha value is -1.88. The molecule has 0 aromatic heterocycles. The molecule has 0 heterocycles. The van der Waals surface area contributed by atoms with Crippen molar-refractivity contribution in [3.05, 3.63) is 0 Å². The topological polar surface area (TPSA) is 76.7 Å². The second-order valence-electron chi connectivity index (χ2n) is 16.8. The second-order valence-corrected chi connectivity index (χ2v) is 16.8. The van der Waals surface area contributed by atoms with Crippen molar-refractivity contribution in [3.8, 4) is 0 Å². The van der Waals surface area contributed by atoms with E-state index in [0.717, 1.165) is 25.7 Å². The Morgan fingerprint density at radius 3 is 1.14 bits per heavy atom. The lowest BCUT2D eigenvalue weighted by molar-refractivity contribution is -0.198. The first-order chi connectivity index (χ1) is 19.5. The van der Waals surface area contributed by atoms with Gasteiger partial charge in [-0.1, -0.05) is 27.7 Å². The summed E-state index contributed by atoms with van der Waals surface area (Å²) < 4.78 is 89.1. The van der Waals surface area contributed by atoms with Crippen LogP contribution in [-0.4, -0.2) is 46.8 Å². The zero-order valence-electron chi connectivity index (χ0n) is 27.9. The molecule has 6 saturated carbocycles. The molecule has 0 unspecified atom stereocenters. The van der Waals surface area contributed by atoms with Crippen molar-refractivity contribution in [2.75, 3.05) is 0 Å². The van der Waals surface area contributed by atoms with Crippen LogP contribution in [0.1, 0.15) is 121 Å². The number of ether oxygens (including phenoxy) is 2. The number of nitrogens with one attached hydrogen (secondary N) is 2. The van der Waals surface area contributed by atoms with Crippen LogP contribution in [0.4, 0.5) is 35.9 Å². The maximum absolute atomic E-state index is 13.1. The molecule has 44 heavy (non-hydrogen) atoms. The van der Waals surface area contributed by atoms with E-state index in [-0.39, 0.29) is 22.7 Å². The highest BCUT2D eigenvalue weighted by Crippen LogP contribution is 2.65. The van der Waals surface area contributed by atoms with Crippen LogP contribution >= 0.6 is 0 Å². The van der Waals surface area contributed by atoms with E-state index < -0.39 is 59.7 Å². The van der Waals surface area contributed by atoms with Gasteiger partial charge in [0.1, 0.15) is 11.2 Å². The van der Waals surface area contributed by atoms with Crippen molar-refractivity contribution >= 4 is 12.2 Å². The van der Waals surface area contributed by atoms with Crippen LogP contribution in [-0.2, 0) is 9.47 Å². The predicted octanol–water partition coefficient (Wildman–Crippen LogP) is 9.32. The third kappa shape index (κ3) is 8.28. The molecule has 6 nitrogen and oxygen atoms in total. The molecule has 6 fully saturated rings. The van der Waals surface area contributed by atoms with Crippen molar-refractivity contribution < 1.29 is 45.4 Å².